The predicted octanol–water partition coefficient (Wildman–Crippen LogP) is 2.27. The van der Waals surface area contributed by atoms with Gasteiger partial charge in [-0.2, -0.15) is 4.39 Å². The highest BCUT2D eigenvalue weighted by Crippen LogP contribution is 2.40. The molecule has 3 aromatic rings. The van der Waals surface area contributed by atoms with Gasteiger partial charge in [0, 0.05) is 42.5 Å². The van der Waals surface area contributed by atoms with E-state index in [2.05, 4.69) is 19.9 Å². The Balaban J connectivity index is 1.90. The van der Waals surface area contributed by atoms with Gasteiger partial charge in [0.2, 0.25) is 0 Å². The maximum atomic E-state index is 13.3. The molecular formula is C21H19FN6O. The van der Waals surface area contributed by atoms with Gasteiger partial charge in [-0.15, -0.1) is 0 Å². The predicted molar refractivity (Wildman–Crippen MR) is 106 cm³/mol. The number of hydrogen-bond acceptors (Lipinski definition) is 6. The van der Waals surface area contributed by atoms with Gasteiger partial charge in [0.25, 0.3) is 5.91 Å². The molecule has 146 valence electrons. The third-order valence-electron chi connectivity index (χ3n) is 5.08. The number of halogens is 1. The summed E-state index contributed by atoms with van der Waals surface area (Å²) < 4.78 is 13.1. The SMILES string of the molecule is CCc1ccc(C2(c3cccc(-c4cnc(F)nc4)c3)N=C(N)N(C)C2=O)cn1. The molecule has 2 aromatic heterocycles. The molecule has 0 aliphatic carbocycles. The lowest BCUT2D eigenvalue weighted by molar-refractivity contribution is -0.129. The van der Waals surface area contributed by atoms with Crippen LogP contribution < -0.4 is 5.73 Å². The van der Waals surface area contributed by atoms with E-state index in [0.29, 0.717) is 16.7 Å². The van der Waals surface area contributed by atoms with Crippen molar-refractivity contribution in [1.82, 2.24) is 19.9 Å². The lowest BCUT2D eigenvalue weighted by Crippen LogP contribution is -2.41. The first-order valence-electron chi connectivity index (χ1n) is 9.13. The summed E-state index contributed by atoms with van der Waals surface area (Å²) in [5.41, 5.74) is 8.20. The number of nitrogens with zero attached hydrogens (tertiary/aromatic N) is 5. The first-order valence-corrected chi connectivity index (χ1v) is 9.13. The Kier molecular flexibility index (Phi) is 4.54. The van der Waals surface area contributed by atoms with Gasteiger partial charge in [0.1, 0.15) is 0 Å². The quantitative estimate of drug-likeness (QED) is 0.689. The number of nitrogens with two attached hydrogens (primary N) is 1. The third-order valence-corrected chi connectivity index (χ3v) is 5.08. The van der Waals surface area contributed by atoms with Gasteiger partial charge in [0.15, 0.2) is 11.5 Å². The number of carbonyl (C=O) groups excluding carboxylic acids is 1. The molecule has 1 aromatic carbocycles. The normalized spacial score (nSPS) is 18.8. The monoisotopic (exact) mass is 390 g/mol. The fourth-order valence-corrected chi connectivity index (χ4v) is 3.42. The van der Waals surface area contributed by atoms with E-state index < -0.39 is 11.6 Å². The van der Waals surface area contributed by atoms with Gasteiger partial charge in [-0.05, 0) is 29.7 Å². The second-order valence-electron chi connectivity index (χ2n) is 6.76. The number of likely N-dealkylation sites (N-methyl/N-ethyl adjacent to an activating group) is 1. The largest absolute Gasteiger partial charge is 0.369 e. The van der Waals surface area contributed by atoms with E-state index in [1.54, 1.807) is 19.3 Å². The molecule has 0 saturated heterocycles. The van der Waals surface area contributed by atoms with Crippen LogP contribution in [0.2, 0.25) is 0 Å². The molecule has 1 unspecified atom stereocenters. The highest BCUT2D eigenvalue weighted by molar-refractivity contribution is 6.09. The van der Waals surface area contributed by atoms with Crippen LogP contribution in [-0.4, -0.2) is 38.8 Å². The zero-order valence-electron chi connectivity index (χ0n) is 16.0. The molecule has 0 saturated carbocycles. The topological polar surface area (TPSA) is 97.4 Å². The van der Waals surface area contributed by atoms with Crippen molar-refractivity contribution < 1.29 is 9.18 Å². The van der Waals surface area contributed by atoms with Crippen molar-refractivity contribution in [2.75, 3.05) is 7.05 Å². The number of pyridine rings is 1. The van der Waals surface area contributed by atoms with Gasteiger partial charge in [0.05, 0.1) is 0 Å². The fourth-order valence-electron chi connectivity index (χ4n) is 3.42. The van der Waals surface area contributed by atoms with Crippen LogP contribution in [0.25, 0.3) is 11.1 Å². The van der Waals surface area contributed by atoms with Crippen LogP contribution in [0.3, 0.4) is 0 Å². The second-order valence-corrected chi connectivity index (χ2v) is 6.76. The van der Waals surface area contributed by atoms with E-state index in [1.807, 2.05) is 37.3 Å². The van der Waals surface area contributed by atoms with Crippen LogP contribution in [0.5, 0.6) is 0 Å². The van der Waals surface area contributed by atoms with Crippen LogP contribution in [0, 0.1) is 6.08 Å². The van der Waals surface area contributed by atoms with Gasteiger partial charge >= 0.3 is 6.08 Å². The summed E-state index contributed by atoms with van der Waals surface area (Å²) in [6.07, 6.45) is 4.44. The molecule has 1 amide bonds. The Morgan fingerprint density at radius 3 is 2.38 bits per heavy atom. The van der Waals surface area contributed by atoms with Crippen LogP contribution >= 0.6 is 0 Å². The molecule has 0 radical (unpaired) electrons. The summed E-state index contributed by atoms with van der Waals surface area (Å²) >= 11 is 0. The zero-order chi connectivity index (χ0) is 20.6. The van der Waals surface area contributed by atoms with E-state index in [-0.39, 0.29) is 11.9 Å². The number of guanidine groups is 1. The molecule has 1 aliphatic heterocycles. The Morgan fingerprint density at radius 2 is 1.79 bits per heavy atom. The first-order chi connectivity index (χ1) is 14.0. The Bertz CT molecular complexity index is 1100. The molecule has 29 heavy (non-hydrogen) atoms. The minimum absolute atomic E-state index is 0.130. The van der Waals surface area contributed by atoms with Crippen LogP contribution in [0.1, 0.15) is 23.7 Å². The number of aryl methyl sites for hydroxylation is 1. The van der Waals surface area contributed by atoms with E-state index in [4.69, 9.17) is 5.73 Å². The minimum atomic E-state index is -1.34. The molecule has 7 nitrogen and oxygen atoms in total. The van der Waals surface area contributed by atoms with Crippen molar-refractivity contribution in [2.45, 2.75) is 18.9 Å². The van der Waals surface area contributed by atoms with Crippen molar-refractivity contribution in [3.8, 4) is 11.1 Å². The van der Waals surface area contributed by atoms with E-state index in [0.717, 1.165) is 17.7 Å². The van der Waals surface area contributed by atoms with Gasteiger partial charge in [-0.3, -0.25) is 14.7 Å². The first kappa shape index (κ1) is 18.7. The summed E-state index contributed by atoms with van der Waals surface area (Å²) in [7, 11) is 1.59. The molecule has 8 heteroatoms. The van der Waals surface area contributed by atoms with Crippen LogP contribution in [0.4, 0.5) is 4.39 Å². The number of carbonyl (C=O) groups is 1. The van der Waals surface area contributed by atoms with Crippen LogP contribution in [-0.2, 0) is 16.8 Å². The third kappa shape index (κ3) is 3.02. The number of amides is 1. The number of rotatable bonds is 4. The number of benzene rings is 1. The van der Waals surface area contributed by atoms with Gasteiger partial charge in [-0.25, -0.2) is 15.0 Å². The van der Waals surface area contributed by atoms with Crippen molar-refractivity contribution in [3.05, 3.63) is 77.9 Å². The standard InChI is InChI=1S/C21H19FN6O/c1-3-17-8-7-16(12-24-17)21(18(29)28(2)20(23)27-21)15-6-4-5-13(9-15)14-10-25-19(22)26-11-14/h4-12H,3H2,1-2H3,(H2,23,27). The molecule has 0 spiro atoms. The molecule has 3 heterocycles. The number of aliphatic imine (C=N–C) groups is 1. The summed E-state index contributed by atoms with van der Waals surface area (Å²) in [6, 6.07) is 11.0. The van der Waals surface area contributed by atoms with Gasteiger partial charge in [-0.1, -0.05) is 31.2 Å². The van der Waals surface area contributed by atoms with Crippen molar-refractivity contribution in [1.29, 1.82) is 0 Å². The zero-order valence-corrected chi connectivity index (χ0v) is 16.0. The molecule has 0 fully saturated rings. The van der Waals surface area contributed by atoms with E-state index in [9.17, 15) is 9.18 Å². The van der Waals surface area contributed by atoms with Crippen molar-refractivity contribution >= 4 is 11.9 Å². The van der Waals surface area contributed by atoms with Crippen molar-refractivity contribution in [2.24, 2.45) is 10.7 Å². The second kappa shape index (κ2) is 7.05. The molecule has 1 aliphatic rings. The minimum Gasteiger partial charge on any atom is -0.369 e. The van der Waals surface area contributed by atoms with Crippen LogP contribution in [0.15, 0.2) is 60.0 Å². The number of hydrogen-bond donors (Lipinski definition) is 1. The lowest BCUT2D eigenvalue weighted by Gasteiger charge is -2.26. The summed E-state index contributed by atoms with van der Waals surface area (Å²) in [5, 5.41) is 0. The maximum Gasteiger partial charge on any atom is 0.308 e. The summed E-state index contributed by atoms with van der Waals surface area (Å²) in [5.74, 6) is -0.140. The van der Waals surface area contributed by atoms with Crippen molar-refractivity contribution in [3.63, 3.8) is 0 Å². The molecule has 1 atom stereocenters. The summed E-state index contributed by atoms with van der Waals surface area (Å²) in [4.78, 5) is 30.9. The maximum absolute atomic E-state index is 13.3. The van der Waals surface area contributed by atoms with E-state index in [1.165, 1.54) is 17.3 Å². The molecule has 2 N–H and O–H groups in total. The summed E-state index contributed by atoms with van der Waals surface area (Å²) in [6.45, 7) is 2.01. The highest BCUT2D eigenvalue weighted by Gasteiger charge is 2.49. The Hall–Kier alpha value is -3.68. The lowest BCUT2D eigenvalue weighted by atomic mass is 9.82. The average molecular weight is 390 g/mol. The fraction of sp³-hybridized carbons (Fsp3) is 0.190. The molecule has 0 bridgehead atoms. The number of aromatic nitrogens is 3. The Labute approximate surface area is 167 Å². The van der Waals surface area contributed by atoms with Gasteiger partial charge < -0.3 is 5.73 Å². The molecule has 4 rings (SSSR count). The average Bonchev–Trinajstić information content (AvgIpc) is 2.99. The smallest absolute Gasteiger partial charge is 0.308 e. The molecular weight excluding hydrogens is 371 g/mol. The Morgan fingerprint density at radius 1 is 1.03 bits per heavy atom. The van der Waals surface area contributed by atoms with E-state index >= 15 is 0 Å². The highest BCUT2D eigenvalue weighted by atomic mass is 19.1.